The van der Waals surface area contributed by atoms with E-state index in [4.69, 9.17) is 0 Å². The summed E-state index contributed by atoms with van der Waals surface area (Å²) in [6.45, 7) is 3.81. The Bertz CT molecular complexity index is 786. The Hall–Kier alpha value is -2.73. The monoisotopic (exact) mass is 366 g/mol. The summed E-state index contributed by atoms with van der Waals surface area (Å²) in [5.74, 6) is -0.0747. The van der Waals surface area contributed by atoms with Gasteiger partial charge in [0.25, 0.3) is 11.8 Å². The van der Waals surface area contributed by atoms with Crippen LogP contribution in [-0.2, 0) is 6.42 Å². The highest BCUT2D eigenvalue weighted by atomic mass is 16.2. The van der Waals surface area contributed by atoms with Crippen molar-refractivity contribution in [3.8, 4) is 0 Å². The van der Waals surface area contributed by atoms with E-state index in [0.29, 0.717) is 17.7 Å². The van der Waals surface area contributed by atoms with Crippen LogP contribution in [0.25, 0.3) is 0 Å². The van der Waals surface area contributed by atoms with Crippen LogP contribution in [0.5, 0.6) is 0 Å². The third-order valence-electron chi connectivity index (χ3n) is 4.98. The van der Waals surface area contributed by atoms with Crippen LogP contribution in [0.1, 0.15) is 26.3 Å². The van der Waals surface area contributed by atoms with E-state index in [9.17, 15) is 9.59 Å². The average Bonchev–Trinajstić information content (AvgIpc) is 2.72. The van der Waals surface area contributed by atoms with Crippen LogP contribution in [0.3, 0.4) is 0 Å². The van der Waals surface area contributed by atoms with Crippen molar-refractivity contribution >= 4 is 11.8 Å². The molecule has 6 heteroatoms. The number of aromatic nitrogens is 1. The van der Waals surface area contributed by atoms with Crippen molar-refractivity contribution in [2.24, 2.45) is 0 Å². The molecule has 2 aromatic rings. The van der Waals surface area contributed by atoms with Gasteiger partial charge in [0.15, 0.2) is 0 Å². The number of carbonyl (C=O) groups excluding carboxylic acids is 2. The summed E-state index contributed by atoms with van der Waals surface area (Å²) in [6, 6.07) is 11.0. The molecule has 1 aromatic heterocycles. The Morgan fingerprint density at radius 3 is 2.41 bits per heavy atom. The third-order valence-corrected chi connectivity index (χ3v) is 4.98. The second-order valence-electron chi connectivity index (χ2n) is 7.01. The second-order valence-corrected chi connectivity index (χ2v) is 7.01. The Kier molecular flexibility index (Phi) is 6.19. The molecule has 142 valence electrons. The number of amides is 2. The molecule has 0 unspecified atom stereocenters. The number of pyridine rings is 1. The predicted octanol–water partition coefficient (Wildman–Crippen LogP) is 1.78. The van der Waals surface area contributed by atoms with Crippen molar-refractivity contribution in [1.82, 2.24) is 19.7 Å². The van der Waals surface area contributed by atoms with Crippen LogP contribution in [0.4, 0.5) is 0 Å². The van der Waals surface area contributed by atoms with E-state index in [1.807, 2.05) is 17.0 Å². The van der Waals surface area contributed by atoms with Gasteiger partial charge in [-0.05, 0) is 49.4 Å². The van der Waals surface area contributed by atoms with Crippen LogP contribution >= 0.6 is 0 Å². The molecule has 3 rings (SSSR count). The molecule has 2 amide bonds. The number of carbonyl (C=O) groups is 2. The molecule has 1 fully saturated rings. The summed E-state index contributed by atoms with van der Waals surface area (Å²) in [5.41, 5.74) is 2.27. The Morgan fingerprint density at radius 1 is 1.04 bits per heavy atom. The molecule has 27 heavy (non-hydrogen) atoms. The maximum atomic E-state index is 12.7. The molecule has 0 spiro atoms. The molecular formula is C21H26N4O2. The first-order chi connectivity index (χ1) is 13.0. The van der Waals surface area contributed by atoms with E-state index in [-0.39, 0.29) is 11.8 Å². The van der Waals surface area contributed by atoms with E-state index < -0.39 is 0 Å². The van der Waals surface area contributed by atoms with Crippen molar-refractivity contribution in [2.45, 2.75) is 6.42 Å². The van der Waals surface area contributed by atoms with Gasteiger partial charge in [-0.1, -0.05) is 6.07 Å². The van der Waals surface area contributed by atoms with Crippen LogP contribution in [-0.4, -0.2) is 78.3 Å². The Balaban J connectivity index is 1.63. The zero-order valence-corrected chi connectivity index (χ0v) is 16.0. The Morgan fingerprint density at radius 2 is 1.70 bits per heavy atom. The molecule has 0 atom stereocenters. The summed E-state index contributed by atoms with van der Waals surface area (Å²) >= 11 is 0. The first kappa shape index (κ1) is 19.0. The number of piperazine rings is 1. The highest BCUT2D eigenvalue weighted by molar-refractivity contribution is 5.99. The van der Waals surface area contributed by atoms with Gasteiger partial charge in [-0.25, -0.2) is 0 Å². The molecule has 1 aromatic carbocycles. The van der Waals surface area contributed by atoms with Gasteiger partial charge in [0, 0.05) is 63.3 Å². The number of rotatable bonds is 5. The number of nitrogens with zero attached hydrogens (tertiary/aromatic N) is 4. The van der Waals surface area contributed by atoms with Crippen molar-refractivity contribution in [3.05, 3.63) is 65.5 Å². The minimum Gasteiger partial charge on any atom is -0.341 e. The lowest BCUT2D eigenvalue weighted by Gasteiger charge is -2.32. The summed E-state index contributed by atoms with van der Waals surface area (Å²) in [4.78, 5) is 35.2. The molecule has 1 saturated heterocycles. The first-order valence-corrected chi connectivity index (χ1v) is 9.27. The third kappa shape index (κ3) is 4.92. The van der Waals surface area contributed by atoms with Gasteiger partial charge in [0.2, 0.25) is 0 Å². The van der Waals surface area contributed by atoms with Gasteiger partial charge in [0.05, 0.1) is 0 Å². The Labute approximate surface area is 160 Å². The standard InChI is InChI=1S/C21H26N4O2/c1-23-12-14-25(15-13-23)21(27)19-5-3-4-18(16-19)20(26)24(2)11-8-17-6-9-22-10-7-17/h3-7,9-10,16H,8,11-15H2,1-2H3. The first-order valence-electron chi connectivity index (χ1n) is 9.27. The number of hydrogen-bond donors (Lipinski definition) is 0. The topological polar surface area (TPSA) is 56.8 Å². The zero-order valence-electron chi connectivity index (χ0n) is 16.0. The summed E-state index contributed by atoms with van der Waals surface area (Å²) in [7, 11) is 3.85. The van der Waals surface area contributed by atoms with Crippen molar-refractivity contribution in [3.63, 3.8) is 0 Å². The van der Waals surface area contributed by atoms with Crippen molar-refractivity contribution < 1.29 is 9.59 Å². The van der Waals surface area contributed by atoms with Crippen LogP contribution in [0.15, 0.2) is 48.8 Å². The summed E-state index contributed by atoms with van der Waals surface area (Å²) < 4.78 is 0. The van der Waals surface area contributed by atoms with Gasteiger partial charge in [-0.2, -0.15) is 0 Å². The fraction of sp³-hybridized carbons (Fsp3) is 0.381. The maximum Gasteiger partial charge on any atom is 0.253 e. The molecule has 1 aliphatic rings. The maximum absolute atomic E-state index is 12.7. The quantitative estimate of drug-likeness (QED) is 0.810. The van der Waals surface area contributed by atoms with E-state index >= 15 is 0 Å². The lowest BCUT2D eigenvalue weighted by atomic mass is 10.1. The summed E-state index contributed by atoms with van der Waals surface area (Å²) in [6.07, 6.45) is 4.28. The van der Waals surface area contributed by atoms with E-state index in [1.54, 1.807) is 48.6 Å². The zero-order chi connectivity index (χ0) is 19.2. The summed E-state index contributed by atoms with van der Waals surface area (Å²) in [5, 5.41) is 0. The van der Waals surface area contributed by atoms with E-state index in [0.717, 1.165) is 38.2 Å². The molecular weight excluding hydrogens is 340 g/mol. The molecule has 0 bridgehead atoms. The van der Waals surface area contributed by atoms with Gasteiger partial charge in [-0.3, -0.25) is 14.6 Å². The number of benzene rings is 1. The molecule has 0 N–H and O–H groups in total. The second kappa shape index (κ2) is 8.77. The van der Waals surface area contributed by atoms with E-state index in [2.05, 4.69) is 16.9 Å². The lowest BCUT2D eigenvalue weighted by Crippen LogP contribution is -2.47. The predicted molar refractivity (Wildman–Crippen MR) is 105 cm³/mol. The number of hydrogen-bond acceptors (Lipinski definition) is 4. The molecule has 0 aliphatic carbocycles. The highest BCUT2D eigenvalue weighted by Gasteiger charge is 2.21. The SMILES string of the molecule is CN1CCN(C(=O)c2cccc(C(=O)N(C)CCc3ccncc3)c2)CC1. The minimum atomic E-state index is -0.0721. The largest absolute Gasteiger partial charge is 0.341 e. The molecule has 1 aliphatic heterocycles. The van der Waals surface area contributed by atoms with Crippen LogP contribution in [0.2, 0.25) is 0 Å². The van der Waals surface area contributed by atoms with Crippen molar-refractivity contribution in [2.75, 3.05) is 46.8 Å². The van der Waals surface area contributed by atoms with Gasteiger partial charge in [-0.15, -0.1) is 0 Å². The van der Waals surface area contributed by atoms with Crippen LogP contribution in [0, 0.1) is 0 Å². The van der Waals surface area contributed by atoms with Gasteiger partial charge < -0.3 is 14.7 Å². The fourth-order valence-corrected chi connectivity index (χ4v) is 3.15. The fourth-order valence-electron chi connectivity index (χ4n) is 3.15. The van der Waals surface area contributed by atoms with Crippen LogP contribution < -0.4 is 0 Å². The average molecular weight is 366 g/mol. The van der Waals surface area contributed by atoms with Gasteiger partial charge in [0.1, 0.15) is 0 Å². The molecule has 0 saturated carbocycles. The minimum absolute atomic E-state index is 0.00260. The molecule has 2 heterocycles. The van der Waals surface area contributed by atoms with Crippen molar-refractivity contribution in [1.29, 1.82) is 0 Å². The lowest BCUT2D eigenvalue weighted by molar-refractivity contribution is 0.0664. The smallest absolute Gasteiger partial charge is 0.253 e. The van der Waals surface area contributed by atoms with E-state index in [1.165, 1.54) is 0 Å². The normalized spacial score (nSPS) is 14.8. The molecule has 6 nitrogen and oxygen atoms in total. The number of likely N-dealkylation sites (N-methyl/N-ethyl adjacent to an activating group) is 2. The molecule has 0 radical (unpaired) electrons. The van der Waals surface area contributed by atoms with Gasteiger partial charge >= 0.3 is 0 Å². The highest BCUT2D eigenvalue weighted by Crippen LogP contribution is 2.12.